The number of thioether (sulfide) groups is 1. The lowest BCUT2D eigenvalue weighted by molar-refractivity contribution is -0.117. The molecule has 3 atom stereocenters. The molecule has 0 radical (unpaired) electrons. The second-order valence-electron chi connectivity index (χ2n) is 9.04. The minimum absolute atomic E-state index is 0.104. The zero-order valence-corrected chi connectivity index (χ0v) is 21.0. The van der Waals surface area contributed by atoms with Crippen molar-refractivity contribution in [2.45, 2.75) is 33.1 Å². The minimum Gasteiger partial charge on any atom is -0.357 e. The number of carbonyl (C=O) groups is 1. The number of benzene rings is 2. The van der Waals surface area contributed by atoms with Gasteiger partial charge in [0.1, 0.15) is 10.2 Å². The number of nitrogens with zero attached hydrogens (tertiary/aromatic N) is 3. The number of amidine groups is 1. The van der Waals surface area contributed by atoms with Crippen molar-refractivity contribution in [1.82, 2.24) is 10.2 Å². The SMILES string of the molecule is CC1=Nc2ccccc2N=C(NC(=O)CSC(=S)N2C[C@@H](C)C[C@H](C)C2)[C@H]1c1ccccc1. The topological polar surface area (TPSA) is 57.1 Å². The minimum atomic E-state index is -0.219. The first-order chi connectivity index (χ1) is 15.9. The van der Waals surface area contributed by atoms with Gasteiger partial charge in [0.15, 0.2) is 0 Å². The smallest absolute Gasteiger partial charge is 0.235 e. The number of amides is 1. The van der Waals surface area contributed by atoms with Gasteiger partial charge in [-0.05, 0) is 42.9 Å². The van der Waals surface area contributed by atoms with E-state index < -0.39 is 0 Å². The van der Waals surface area contributed by atoms with Gasteiger partial charge in [0.2, 0.25) is 5.91 Å². The molecule has 2 aromatic rings. The molecule has 1 saturated heterocycles. The molecule has 33 heavy (non-hydrogen) atoms. The van der Waals surface area contributed by atoms with Gasteiger partial charge in [0.05, 0.1) is 23.0 Å². The third-order valence-corrected chi connectivity index (χ3v) is 7.49. The first-order valence-corrected chi connectivity index (χ1v) is 12.8. The summed E-state index contributed by atoms with van der Waals surface area (Å²) in [5, 5.41) is 3.09. The summed E-state index contributed by atoms with van der Waals surface area (Å²) >= 11 is 7.09. The zero-order valence-electron chi connectivity index (χ0n) is 19.3. The maximum atomic E-state index is 13.0. The van der Waals surface area contributed by atoms with Gasteiger partial charge < -0.3 is 10.2 Å². The fraction of sp³-hybridized carbons (Fsp3) is 0.385. The Hall–Kier alpha value is -2.51. The van der Waals surface area contributed by atoms with Gasteiger partial charge in [-0.15, -0.1) is 0 Å². The zero-order chi connectivity index (χ0) is 23.4. The average Bonchev–Trinajstić information content (AvgIpc) is 2.92. The molecule has 0 unspecified atom stereocenters. The summed E-state index contributed by atoms with van der Waals surface area (Å²) in [6.07, 6.45) is 1.23. The van der Waals surface area contributed by atoms with Crippen molar-refractivity contribution in [3.05, 3.63) is 60.2 Å². The maximum absolute atomic E-state index is 13.0. The van der Waals surface area contributed by atoms with Crippen LogP contribution in [-0.2, 0) is 4.79 Å². The Labute approximate surface area is 205 Å². The molecule has 1 fully saturated rings. The molecule has 0 aromatic heterocycles. The normalized spacial score (nSPS) is 22.5. The lowest BCUT2D eigenvalue weighted by Gasteiger charge is -2.36. The largest absolute Gasteiger partial charge is 0.357 e. The highest BCUT2D eigenvalue weighted by atomic mass is 32.2. The Morgan fingerprint density at radius 2 is 1.64 bits per heavy atom. The van der Waals surface area contributed by atoms with Crippen LogP contribution in [0.15, 0.2) is 64.6 Å². The molecular weight excluding hydrogens is 448 g/mol. The molecule has 7 heteroatoms. The molecule has 4 rings (SSSR count). The van der Waals surface area contributed by atoms with Gasteiger partial charge in [0, 0.05) is 18.8 Å². The van der Waals surface area contributed by atoms with E-state index in [1.54, 1.807) is 0 Å². The van der Waals surface area contributed by atoms with Crippen molar-refractivity contribution in [3.63, 3.8) is 0 Å². The molecule has 2 aliphatic rings. The summed E-state index contributed by atoms with van der Waals surface area (Å²) in [5.74, 6) is 1.78. The van der Waals surface area contributed by atoms with E-state index >= 15 is 0 Å². The number of aliphatic imine (C=N–C) groups is 2. The summed E-state index contributed by atoms with van der Waals surface area (Å²) in [4.78, 5) is 24.9. The Bertz CT molecular complexity index is 1070. The number of para-hydroxylation sites is 2. The van der Waals surface area contributed by atoms with Gasteiger partial charge in [-0.25, -0.2) is 4.99 Å². The van der Waals surface area contributed by atoms with Crippen molar-refractivity contribution >= 4 is 57.1 Å². The highest BCUT2D eigenvalue weighted by Gasteiger charge is 2.27. The number of nitrogens with one attached hydrogen (secondary N) is 1. The fourth-order valence-corrected chi connectivity index (χ4v) is 5.64. The Morgan fingerprint density at radius 1 is 1.03 bits per heavy atom. The molecular formula is C26H30N4OS2. The number of carbonyl (C=O) groups excluding carboxylic acids is 1. The Balaban J connectivity index is 1.50. The van der Waals surface area contributed by atoms with Crippen LogP contribution in [0.1, 0.15) is 38.7 Å². The number of hydrogen-bond acceptors (Lipinski definition) is 5. The van der Waals surface area contributed by atoms with E-state index in [1.165, 1.54) is 18.2 Å². The molecule has 1 amide bonds. The van der Waals surface area contributed by atoms with Gasteiger partial charge in [-0.2, -0.15) is 0 Å². The molecule has 0 saturated carbocycles. The molecule has 2 aliphatic heterocycles. The fourth-order valence-electron chi connectivity index (χ4n) is 4.65. The second kappa shape index (κ2) is 10.6. The number of piperidine rings is 1. The monoisotopic (exact) mass is 478 g/mol. The summed E-state index contributed by atoms with van der Waals surface area (Å²) < 4.78 is 0.800. The lowest BCUT2D eigenvalue weighted by Crippen LogP contribution is -2.42. The number of thiocarbonyl (C=S) groups is 1. The molecule has 172 valence electrons. The molecule has 0 aliphatic carbocycles. The van der Waals surface area contributed by atoms with Crippen LogP contribution in [0.25, 0.3) is 0 Å². The van der Waals surface area contributed by atoms with Gasteiger partial charge in [0.25, 0.3) is 0 Å². The predicted octanol–water partition coefficient (Wildman–Crippen LogP) is 5.72. The summed E-state index contributed by atoms with van der Waals surface area (Å²) in [6.45, 7) is 8.45. The third kappa shape index (κ3) is 5.89. The number of likely N-dealkylation sites (tertiary alicyclic amines) is 1. The van der Waals surface area contributed by atoms with E-state index in [0.717, 1.165) is 40.1 Å². The van der Waals surface area contributed by atoms with E-state index in [0.29, 0.717) is 17.7 Å². The van der Waals surface area contributed by atoms with Crippen molar-refractivity contribution in [3.8, 4) is 0 Å². The number of rotatable bonds is 3. The maximum Gasteiger partial charge on any atom is 0.235 e. The molecule has 0 spiro atoms. The highest BCUT2D eigenvalue weighted by Crippen LogP contribution is 2.34. The lowest BCUT2D eigenvalue weighted by atomic mass is 9.92. The molecule has 2 aromatic carbocycles. The van der Waals surface area contributed by atoms with Crippen LogP contribution in [0, 0.1) is 11.8 Å². The molecule has 5 nitrogen and oxygen atoms in total. The van der Waals surface area contributed by atoms with Gasteiger partial charge in [-0.3, -0.25) is 9.79 Å². The van der Waals surface area contributed by atoms with Crippen LogP contribution in [0.5, 0.6) is 0 Å². The van der Waals surface area contributed by atoms with Crippen molar-refractivity contribution in [2.24, 2.45) is 21.8 Å². The van der Waals surface area contributed by atoms with E-state index in [4.69, 9.17) is 22.2 Å². The second-order valence-corrected chi connectivity index (χ2v) is 10.6. The first kappa shape index (κ1) is 23.6. The summed E-state index contributed by atoms with van der Waals surface area (Å²) in [5.41, 5.74) is 3.50. The van der Waals surface area contributed by atoms with Crippen LogP contribution in [0.4, 0.5) is 11.4 Å². The molecule has 2 heterocycles. The van der Waals surface area contributed by atoms with Crippen molar-refractivity contribution in [2.75, 3.05) is 18.8 Å². The van der Waals surface area contributed by atoms with E-state index in [-0.39, 0.29) is 17.6 Å². The summed E-state index contributed by atoms with van der Waals surface area (Å²) in [7, 11) is 0. The highest BCUT2D eigenvalue weighted by molar-refractivity contribution is 8.23. The quantitative estimate of drug-likeness (QED) is 0.574. The Kier molecular flexibility index (Phi) is 7.60. The van der Waals surface area contributed by atoms with Gasteiger partial charge in [-0.1, -0.05) is 80.3 Å². The number of hydrogen-bond donors (Lipinski definition) is 1. The first-order valence-electron chi connectivity index (χ1n) is 11.4. The average molecular weight is 479 g/mol. The van der Waals surface area contributed by atoms with E-state index in [1.807, 2.05) is 61.5 Å². The van der Waals surface area contributed by atoms with Crippen molar-refractivity contribution in [1.29, 1.82) is 0 Å². The van der Waals surface area contributed by atoms with Crippen LogP contribution in [0.2, 0.25) is 0 Å². The molecule has 1 N–H and O–H groups in total. The van der Waals surface area contributed by atoms with E-state index in [9.17, 15) is 4.79 Å². The Morgan fingerprint density at radius 3 is 2.30 bits per heavy atom. The summed E-state index contributed by atoms with van der Waals surface area (Å²) in [6, 6.07) is 17.8. The van der Waals surface area contributed by atoms with Crippen LogP contribution >= 0.6 is 24.0 Å². The third-order valence-electron chi connectivity index (χ3n) is 5.96. The van der Waals surface area contributed by atoms with Crippen molar-refractivity contribution < 1.29 is 4.79 Å². The van der Waals surface area contributed by atoms with Crippen LogP contribution in [0.3, 0.4) is 0 Å². The molecule has 0 bridgehead atoms. The predicted molar refractivity (Wildman–Crippen MR) is 143 cm³/mol. The standard InChI is InChI=1S/C26H30N4OS2/c1-17-13-18(2)15-30(14-17)26(32)33-16-23(31)29-25-24(20-9-5-4-6-10-20)19(3)27-21-11-7-8-12-22(21)28-25/h4-12,17-18,24H,13-16H2,1-3H3,(H,28,29,31)/t17-,18-,24+/m0/s1. The van der Waals surface area contributed by atoms with Crippen LogP contribution in [-0.4, -0.2) is 45.5 Å². The van der Waals surface area contributed by atoms with Gasteiger partial charge >= 0.3 is 0 Å². The van der Waals surface area contributed by atoms with E-state index in [2.05, 4.69) is 24.1 Å². The number of fused-ring (bicyclic) bond motifs is 1. The van der Waals surface area contributed by atoms with Crippen LogP contribution < -0.4 is 5.32 Å².